The number of fused-ring (bicyclic) bond motifs is 1. The lowest BCUT2D eigenvalue weighted by molar-refractivity contribution is 0.0737. The largest absolute Gasteiger partial charge is 0.489 e. The molecule has 6 heteroatoms. The maximum absolute atomic E-state index is 13.4. The van der Waals surface area contributed by atoms with Crippen molar-refractivity contribution in [3.05, 3.63) is 108 Å². The van der Waals surface area contributed by atoms with Crippen molar-refractivity contribution in [1.82, 2.24) is 9.88 Å². The molecule has 1 saturated heterocycles. The molecule has 0 spiro atoms. The van der Waals surface area contributed by atoms with E-state index in [4.69, 9.17) is 9.47 Å². The molecule has 1 atom stereocenters. The lowest BCUT2D eigenvalue weighted by Gasteiger charge is -2.24. The van der Waals surface area contributed by atoms with E-state index in [1.54, 1.807) is 30.3 Å². The summed E-state index contributed by atoms with van der Waals surface area (Å²) in [5.74, 6) is 0.394. The number of aromatic nitrogens is 1. The highest BCUT2D eigenvalue weighted by Gasteiger charge is 2.24. The fourth-order valence-electron chi connectivity index (χ4n) is 4.54. The van der Waals surface area contributed by atoms with Crippen molar-refractivity contribution >= 4 is 16.7 Å². The molecule has 1 aliphatic heterocycles. The second-order valence-electron chi connectivity index (χ2n) is 8.86. The molecule has 1 fully saturated rings. The number of amides is 1. The number of ether oxygens (including phenoxy) is 2. The first-order valence-electron chi connectivity index (χ1n) is 11.8. The van der Waals surface area contributed by atoms with Crippen molar-refractivity contribution in [2.45, 2.75) is 13.0 Å². The van der Waals surface area contributed by atoms with Crippen molar-refractivity contribution in [3.63, 3.8) is 0 Å². The summed E-state index contributed by atoms with van der Waals surface area (Å²) in [6, 6.07) is 21.7. The predicted octanol–water partition coefficient (Wildman–Crippen LogP) is 5.28. The Labute approximate surface area is 204 Å². The van der Waals surface area contributed by atoms with Crippen molar-refractivity contribution in [2.75, 3.05) is 26.3 Å². The molecule has 0 N–H and O–H groups in total. The Morgan fingerprint density at radius 2 is 1.94 bits per heavy atom. The number of benzene rings is 3. The van der Waals surface area contributed by atoms with E-state index >= 15 is 0 Å². The second kappa shape index (κ2) is 10.7. The summed E-state index contributed by atoms with van der Waals surface area (Å²) in [4.78, 5) is 19.7. The highest BCUT2D eigenvalue weighted by Crippen LogP contribution is 2.23. The Kier molecular flexibility index (Phi) is 7.00. The van der Waals surface area contributed by atoms with Crippen LogP contribution >= 0.6 is 0 Å². The number of carbonyl (C=O) groups is 1. The lowest BCUT2D eigenvalue weighted by atomic mass is 9.96. The Balaban J connectivity index is 1.27. The average Bonchev–Trinajstić information content (AvgIpc) is 3.13. The molecule has 0 saturated carbocycles. The van der Waals surface area contributed by atoms with Crippen molar-refractivity contribution in [3.8, 4) is 5.75 Å². The van der Waals surface area contributed by atoms with Crippen molar-refractivity contribution < 1.29 is 18.7 Å². The number of nitrogens with zero attached hydrogens (tertiary/aromatic N) is 2. The van der Waals surface area contributed by atoms with Crippen LogP contribution in [-0.2, 0) is 17.8 Å². The molecule has 0 bridgehead atoms. The predicted molar refractivity (Wildman–Crippen MR) is 133 cm³/mol. The molecule has 5 rings (SSSR count). The fraction of sp³-hybridized carbons (Fsp3) is 0.241. The van der Waals surface area contributed by atoms with Gasteiger partial charge in [0.05, 0.1) is 13.2 Å². The summed E-state index contributed by atoms with van der Waals surface area (Å²) in [5, 5.41) is 2.30. The van der Waals surface area contributed by atoms with Gasteiger partial charge in [-0.2, -0.15) is 0 Å². The van der Waals surface area contributed by atoms with Crippen LogP contribution in [0.15, 0.2) is 85.2 Å². The summed E-state index contributed by atoms with van der Waals surface area (Å²) in [7, 11) is 0. The van der Waals surface area contributed by atoms with Crippen LogP contribution in [0.5, 0.6) is 5.75 Å². The van der Waals surface area contributed by atoms with Gasteiger partial charge in [-0.15, -0.1) is 0 Å². The van der Waals surface area contributed by atoms with E-state index in [-0.39, 0.29) is 24.2 Å². The molecule has 0 radical (unpaired) electrons. The van der Waals surface area contributed by atoms with E-state index in [0.29, 0.717) is 37.6 Å². The average molecular weight is 471 g/mol. The van der Waals surface area contributed by atoms with Crippen LogP contribution in [0.3, 0.4) is 0 Å². The normalized spacial score (nSPS) is 16.1. The third kappa shape index (κ3) is 5.66. The topological polar surface area (TPSA) is 51.7 Å². The smallest absolute Gasteiger partial charge is 0.254 e. The first kappa shape index (κ1) is 23.0. The summed E-state index contributed by atoms with van der Waals surface area (Å²) in [5.41, 5.74) is 2.46. The Morgan fingerprint density at radius 3 is 2.86 bits per heavy atom. The second-order valence-corrected chi connectivity index (χ2v) is 8.86. The van der Waals surface area contributed by atoms with Crippen LogP contribution in [0.25, 0.3) is 10.8 Å². The van der Waals surface area contributed by atoms with Gasteiger partial charge in [-0.25, -0.2) is 4.39 Å². The third-order valence-electron chi connectivity index (χ3n) is 6.26. The van der Waals surface area contributed by atoms with Gasteiger partial charge < -0.3 is 14.4 Å². The quantitative estimate of drug-likeness (QED) is 0.385. The van der Waals surface area contributed by atoms with Gasteiger partial charge in [0.15, 0.2) is 0 Å². The summed E-state index contributed by atoms with van der Waals surface area (Å²) in [6.07, 6.45) is 4.58. The highest BCUT2D eigenvalue weighted by molar-refractivity contribution is 5.94. The molecule has 1 aromatic heterocycles. The van der Waals surface area contributed by atoms with Gasteiger partial charge in [0.1, 0.15) is 18.2 Å². The third-order valence-corrected chi connectivity index (χ3v) is 6.26. The zero-order valence-corrected chi connectivity index (χ0v) is 19.4. The SMILES string of the molecule is O=C(c1cccc(OCc2cccc(F)c2)c1)N1CCOC[C@H](Cc2cncc3ccccc23)C1. The van der Waals surface area contributed by atoms with Gasteiger partial charge in [-0.1, -0.05) is 42.5 Å². The van der Waals surface area contributed by atoms with Crippen LogP contribution < -0.4 is 4.74 Å². The molecular weight excluding hydrogens is 443 g/mol. The zero-order valence-electron chi connectivity index (χ0n) is 19.4. The van der Waals surface area contributed by atoms with Crippen LogP contribution in [-0.4, -0.2) is 42.1 Å². The first-order valence-corrected chi connectivity index (χ1v) is 11.8. The van der Waals surface area contributed by atoms with Crippen LogP contribution in [0.1, 0.15) is 21.5 Å². The summed E-state index contributed by atoms with van der Waals surface area (Å²) in [6.45, 7) is 2.48. The van der Waals surface area contributed by atoms with E-state index in [9.17, 15) is 9.18 Å². The monoisotopic (exact) mass is 470 g/mol. The molecular formula is C29H27FN2O3. The van der Waals surface area contributed by atoms with Crippen LogP contribution in [0, 0.1) is 11.7 Å². The summed E-state index contributed by atoms with van der Waals surface area (Å²) < 4.78 is 25.1. The zero-order chi connectivity index (χ0) is 24.0. The van der Waals surface area contributed by atoms with Gasteiger partial charge in [-0.3, -0.25) is 9.78 Å². The maximum atomic E-state index is 13.4. The van der Waals surface area contributed by atoms with Gasteiger partial charge in [-0.05, 0) is 53.3 Å². The molecule has 1 aliphatic rings. The van der Waals surface area contributed by atoms with E-state index in [0.717, 1.165) is 17.4 Å². The molecule has 0 unspecified atom stereocenters. The molecule has 3 aromatic carbocycles. The number of pyridine rings is 1. The Bertz CT molecular complexity index is 1320. The van der Waals surface area contributed by atoms with E-state index in [1.165, 1.54) is 23.1 Å². The molecule has 2 heterocycles. The minimum Gasteiger partial charge on any atom is -0.489 e. The van der Waals surface area contributed by atoms with E-state index in [1.807, 2.05) is 35.5 Å². The minimum atomic E-state index is -0.299. The van der Waals surface area contributed by atoms with E-state index < -0.39 is 0 Å². The van der Waals surface area contributed by atoms with E-state index in [2.05, 4.69) is 17.1 Å². The Morgan fingerprint density at radius 1 is 1.06 bits per heavy atom. The standard InChI is InChI=1S/C29H27FN2O3/c30-26-8-3-5-21(14-26)20-35-27-9-4-7-23(15-27)29(33)32-11-12-34-19-22(18-32)13-25-17-31-16-24-6-1-2-10-28(24)25/h1-10,14-17,22H,11-13,18-20H2/t22-/m1/s1. The van der Waals surface area contributed by atoms with Gasteiger partial charge >= 0.3 is 0 Å². The minimum absolute atomic E-state index is 0.0484. The summed E-state index contributed by atoms with van der Waals surface area (Å²) >= 11 is 0. The number of rotatable bonds is 6. The number of hydrogen-bond acceptors (Lipinski definition) is 4. The molecule has 1 amide bonds. The first-order chi connectivity index (χ1) is 17.2. The van der Waals surface area contributed by atoms with Crippen molar-refractivity contribution in [1.29, 1.82) is 0 Å². The molecule has 35 heavy (non-hydrogen) atoms. The van der Waals surface area contributed by atoms with Crippen LogP contribution in [0.2, 0.25) is 0 Å². The van der Waals surface area contributed by atoms with Gasteiger partial charge in [0.2, 0.25) is 0 Å². The molecule has 4 aromatic rings. The number of hydrogen-bond donors (Lipinski definition) is 0. The molecule has 0 aliphatic carbocycles. The van der Waals surface area contributed by atoms with Crippen molar-refractivity contribution in [2.24, 2.45) is 5.92 Å². The lowest BCUT2D eigenvalue weighted by Crippen LogP contribution is -2.36. The fourth-order valence-corrected chi connectivity index (χ4v) is 4.54. The highest BCUT2D eigenvalue weighted by atomic mass is 19.1. The number of halogens is 1. The van der Waals surface area contributed by atoms with Gasteiger partial charge in [0.25, 0.3) is 5.91 Å². The maximum Gasteiger partial charge on any atom is 0.254 e. The number of carbonyl (C=O) groups excluding carboxylic acids is 1. The van der Waals surface area contributed by atoms with Crippen LogP contribution in [0.4, 0.5) is 4.39 Å². The van der Waals surface area contributed by atoms with Gasteiger partial charge in [0, 0.05) is 42.4 Å². The molecule has 178 valence electrons. The molecule has 5 nitrogen and oxygen atoms in total. The Hall–Kier alpha value is -3.77.